The summed E-state index contributed by atoms with van der Waals surface area (Å²) < 4.78 is 7.65. The number of nitrogens with zero attached hydrogens (tertiary/aromatic N) is 4. The summed E-state index contributed by atoms with van der Waals surface area (Å²) in [5.41, 5.74) is 0. The normalized spacial score (nSPS) is 17.5. The summed E-state index contributed by atoms with van der Waals surface area (Å²) in [6, 6.07) is 4.03. The van der Waals surface area contributed by atoms with Crippen molar-refractivity contribution in [3.8, 4) is 0 Å². The van der Waals surface area contributed by atoms with Crippen LogP contribution in [0.15, 0.2) is 22.8 Å². The van der Waals surface area contributed by atoms with Crippen molar-refractivity contribution in [2.45, 2.75) is 57.7 Å². The van der Waals surface area contributed by atoms with Crippen LogP contribution in [0.25, 0.3) is 0 Å². The van der Waals surface area contributed by atoms with Gasteiger partial charge in [0, 0.05) is 32.0 Å². The highest BCUT2D eigenvalue weighted by Gasteiger charge is 2.37. The molecule has 1 aliphatic carbocycles. The molecule has 2 aliphatic rings. The lowest BCUT2D eigenvalue weighted by Gasteiger charge is -2.28. The SMILES string of the molecule is C[C@H](c1ccco1)N(C(=O)NCCc1nnc2n1CCC2)C1CC1. The molecule has 0 radical (unpaired) electrons. The van der Waals surface area contributed by atoms with Gasteiger partial charge in [0.15, 0.2) is 0 Å². The molecule has 0 saturated heterocycles. The summed E-state index contributed by atoms with van der Waals surface area (Å²) in [6.45, 7) is 3.59. The maximum absolute atomic E-state index is 12.7. The van der Waals surface area contributed by atoms with Crippen LogP contribution < -0.4 is 5.32 Å². The number of furan rings is 1. The molecule has 0 unspecified atom stereocenters. The van der Waals surface area contributed by atoms with Crippen molar-refractivity contribution in [2.24, 2.45) is 0 Å². The predicted molar refractivity (Wildman–Crippen MR) is 87.4 cm³/mol. The van der Waals surface area contributed by atoms with Gasteiger partial charge in [0.2, 0.25) is 0 Å². The highest BCUT2D eigenvalue weighted by Crippen LogP contribution is 2.34. The third-order valence-electron chi connectivity index (χ3n) is 4.86. The van der Waals surface area contributed by atoms with Gasteiger partial charge in [0.25, 0.3) is 0 Å². The Bertz CT molecular complexity index is 705. The Morgan fingerprint density at radius 3 is 3.12 bits per heavy atom. The molecule has 7 heteroatoms. The molecule has 24 heavy (non-hydrogen) atoms. The van der Waals surface area contributed by atoms with Gasteiger partial charge in [-0.25, -0.2) is 4.79 Å². The summed E-state index contributed by atoms with van der Waals surface area (Å²) in [5.74, 6) is 2.87. The molecule has 2 aromatic rings. The number of aromatic nitrogens is 3. The molecule has 128 valence electrons. The average Bonchev–Trinajstić information content (AvgIpc) is 3.00. The topological polar surface area (TPSA) is 76.2 Å². The molecule has 0 aromatic carbocycles. The Morgan fingerprint density at radius 2 is 2.38 bits per heavy atom. The van der Waals surface area contributed by atoms with E-state index >= 15 is 0 Å². The molecule has 3 heterocycles. The van der Waals surface area contributed by atoms with Crippen LogP contribution in [-0.4, -0.2) is 38.3 Å². The fourth-order valence-corrected chi connectivity index (χ4v) is 3.44. The van der Waals surface area contributed by atoms with Crippen LogP contribution in [-0.2, 0) is 19.4 Å². The minimum Gasteiger partial charge on any atom is -0.467 e. The minimum absolute atomic E-state index is 0.0254. The summed E-state index contributed by atoms with van der Waals surface area (Å²) in [7, 11) is 0. The molecule has 1 fully saturated rings. The largest absolute Gasteiger partial charge is 0.467 e. The minimum atomic E-state index is -0.0511. The number of carbonyl (C=O) groups excluding carboxylic acids is 1. The molecule has 1 atom stereocenters. The Morgan fingerprint density at radius 1 is 1.50 bits per heavy atom. The summed E-state index contributed by atoms with van der Waals surface area (Å²) in [5, 5.41) is 11.5. The molecular weight excluding hydrogens is 306 g/mol. The van der Waals surface area contributed by atoms with Crippen molar-refractivity contribution in [1.82, 2.24) is 25.0 Å². The number of amides is 2. The first kappa shape index (κ1) is 15.2. The number of rotatable bonds is 6. The maximum Gasteiger partial charge on any atom is 0.318 e. The molecule has 1 aliphatic heterocycles. The van der Waals surface area contributed by atoms with Crippen molar-refractivity contribution in [1.29, 1.82) is 0 Å². The molecular formula is C17H23N5O2. The summed E-state index contributed by atoms with van der Waals surface area (Å²) in [4.78, 5) is 14.6. The van der Waals surface area contributed by atoms with Crippen LogP contribution in [0.2, 0.25) is 0 Å². The number of hydrogen-bond donors (Lipinski definition) is 1. The second-order valence-corrected chi connectivity index (χ2v) is 6.60. The smallest absolute Gasteiger partial charge is 0.318 e. The molecule has 4 rings (SSSR count). The van der Waals surface area contributed by atoms with Crippen LogP contribution in [0, 0.1) is 0 Å². The van der Waals surface area contributed by atoms with Gasteiger partial charge < -0.3 is 19.2 Å². The van der Waals surface area contributed by atoms with E-state index in [9.17, 15) is 4.79 Å². The first-order valence-corrected chi connectivity index (χ1v) is 8.74. The molecule has 0 spiro atoms. The third kappa shape index (κ3) is 2.90. The first-order valence-electron chi connectivity index (χ1n) is 8.74. The lowest BCUT2D eigenvalue weighted by molar-refractivity contribution is 0.166. The zero-order valence-electron chi connectivity index (χ0n) is 13.9. The molecule has 1 N–H and O–H groups in total. The van der Waals surface area contributed by atoms with Crippen LogP contribution in [0.5, 0.6) is 0 Å². The Hall–Kier alpha value is -2.31. The first-order chi connectivity index (χ1) is 11.7. The molecule has 2 aromatic heterocycles. The molecule has 7 nitrogen and oxygen atoms in total. The van der Waals surface area contributed by atoms with Crippen molar-refractivity contribution >= 4 is 6.03 Å². The summed E-state index contributed by atoms with van der Waals surface area (Å²) >= 11 is 0. The molecule has 0 bridgehead atoms. The molecule has 1 saturated carbocycles. The standard InChI is InChI=1S/C17H23N5O2/c1-12(14-4-3-11-24-14)22(13-6-7-13)17(23)18-9-8-16-20-19-15-5-2-10-21(15)16/h3-4,11-13H,2,5-10H2,1H3,(H,18,23)/t12-/m1/s1. The number of fused-ring (bicyclic) bond motifs is 1. The second kappa shape index (κ2) is 6.30. The van der Waals surface area contributed by atoms with Crippen molar-refractivity contribution in [3.05, 3.63) is 35.8 Å². The van der Waals surface area contributed by atoms with E-state index < -0.39 is 0 Å². The number of carbonyl (C=O) groups is 1. The van der Waals surface area contributed by atoms with E-state index in [1.807, 2.05) is 24.0 Å². The van der Waals surface area contributed by atoms with Crippen molar-refractivity contribution < 1.29 is 9.21 Å². The van der Waals surface area contributed by atoms with Gasteiger partial charge in [-0.1, -0.05) is 0 Å². The van der Waals surface area contributed by atoms with Gasteiger partial charge >= 0.3 is 6.03 Å². The highest BCUT2D eigenvalue weighted by molar-refractivity contribution is 5.75. The van der Waals surface area contributed by atoms with Crippen LogP contribution >= 0.6 is 0 Å². The van der Waals surface area contributed by atoms with Gasteiger partial charge in [0.1, 0.15) is 17.4 Å². The van der Waals surface area contributed by atoms with Gasteiger partial charge in [-0.2, -0.15) is 0 Å². The maximum atomic E-state index is 12.7. The second-order valence-electron chi connectivity index (χ2n) is 6.60. The lowest BCUT2D eigenvalue weighted by atomic mass is 10.2. The predicted octanol–water partition coefficient (Wildman–Crippen LogP) is 2.30. The van der Waals surface area contributed by atoms with Crippen molar-refractivity contribution in [2.75, 3.05) is 6.54 Å². The number of nitrogens with one attached hydrogen (secondary N) is 1. The lowest BCUT2D eigenvalue weighted by Crippen LogP contribution is -2.43. The number of aryl methyl sites for hydroxylation is 1. The Labute approximate surface area is 141 Å². The quantitative estimate of drug-likeness (QED) is 0.882. The van der Waals surface area contributed by atoms with E-state index in [2.05, 4.69) is 20.1 Å². The van der Waals surface area contributed by atoms with Crippen LogP contribution in [0.1, 0.15) is 49.6 Å². The van der Waals surface area contributed by atoms with Gasteiger partial charge in [-0.3, -0.25) is 0 Å². The monoisotopic (exact) mass is 329 g/mol. The molecule has 2 amide bonds. The van der Waals surface area contributed by atoms with E-state index in [-0.39, 0.29) is 12.1 Å². The summed E-state index contributed by atoms with van der Waals surface area (Å²) in [6.07, 6.45) is 6.65. The van der Waals surface area contributed by atoms with Gasteiger partial charge in [-0.15, -0.1) is 10.2 Å². The Kier molecular flexibility index (Phi) is 4.00. The average molecular weight is 329 g/mol. The van der Waals surface area contributed by atoms with Crippen LogP contribution in [0.4, 0.5) is 4.79 Å². The fourth-order valence-electron chi connectivity index (χ4n) is 3.44. The Balaban J connectivity index is 1.35. The van der Waals surface area contributed by atoms with E-state index in [1.165, 1.54) is 0 Å². The van der Waals surface area contributed by atoms with E-state index in [0.717, 1.165) is 49.6 Å². The number of urea groups is 1. The highest BCUT2D eigenvalue weighted by atomic mass is 16.3. The zero-order valence-corrected chi connectivity index (χ0v) is 13.9. The van der Waals surface area contributed by atoms with Gasteiger partial charge in [-0.05, 0) is 38.3 Å². The third-order valence-corrected chi connectivity index (χ3v) is 4.86. The van der Waals surface area contributed by atoms with E-state index in [4.69, 9.17) is 4.42 Å². The fraction of sp³-hybridized carbons (Fsp3) is 0.588. The van der Waals surface area contributed by atoms with Crippen LogP contribution in [0.3, 0.4) is 0 Å². The number of hydrogen-bond acceptors (Lipinski definition) is 4. The van der Waals surface area contributed by atoms with Gasteiger partial charge in [0.05, 0.1) is 12.3 Å². The van der Waals surface area contributed by atoms with E-state index in [1.54, 1.807) is 6.26 Å². The van der Waals surface area contributed by atoms with E-state index in [0.29, 0.717) is 19.0 Å². The van der Waals surface area contributed by atoms with Crippen molar-refractivity contribution in [3.63, 3.8) is 0 Å². The zero-order chi connectivity index (χ0) is 16.5.